The van der Waals surface area contributed by atoms with Crippen LogP contribution in [0.1, 0.15) is 56.6 Å². The van der Waals surface area contributed by atoms with Gasteiger partial charge in [0.05, 0.1) is 22.5 Å². The molecule has 1 aliphatic carbocycles. The Labute approximate surface area is 195 Å². The number of nitrogens with one attached hydrogen (secondary N) is 1. The maximum atomic E-state index is 15.0. The molecule has 3 aromatic rings. The average molecular weight is 470 g/mol. The third-order valence-corrected chi connectivity index (χ3v) is 6.60. The Bertz CT molecular complexity index is 1350. The number of fused-ring (bicyclic) bond motifs is 1. The minimum Gasteiger partial charge on any atom is -0.363 e. The van der Waals surface area contributed by atoms with Gasteiger partial charge in [0.1, 0.15) is 23.7 Å². The molecule has 1 aromatic carbocycles. The summed E-state index contributed by atoms with van der Waals surface area (Å²) in [6.07, 6.45) is 2.75. The lowest BCUT2D eigenvalue weighted by molar-refractivity contribution is -0.0854. The molecule has 1 atom stereocenters. The number of halogens is 3. The summed E-state index contributed by atoms with van der Waals surface area (Å²) in [5.41, 5.74) is -2.26. The van der Waals surface area contributed by atoms with Crippen LogP contribution in [0.15, 0.2) is 41.3 Å². The Hall–Kier alpha value is -3.41. The smallest absolute Gasteiger partial charge is 0.291 e. The second-order valence-corrected chi connectivity index (χ2v) is 9.56. The number of hydrogen-bond acceptors (Lipinski definition) is 5. The van der Waals surface area contributed by atoms with Crippen molar-refractivity contribution in [3.05, 3.63) is 63.8 Å². The number of anilines is 1. The van der Waals surface area contributed by atoms with Gasteiger partial charge in [-0.05, 0) is 52.2 Å². The maximum Gasteiger partial charge on any atom is 0.291 e. The highest BCUT2D eigenvalue weighted by Gasteiger charge is 2.49. The molecule has 6 nitrogen and oxygen atoms in total. The topological polar surface area (TPSA) is 83.6 Å². The predicted octanol–water partition coefficient (Wildman–Crippen LogP) is 5.37. The lowest BCUT2D eigenvalue weighted by Crippen LogP contribution is -2.32. The Kier molecular flexibility index (Phi) is 5.67. The summed E-state index contributed by atoms with van der Waals surface area (Å²) < 4.78 is 45.0. The number of alkyl halides is 3. The second kappa shape index (κ2) is 8.12. The maximum absolute atomic E-state index is 15.0. The van der Waals surface area contributed by atoms with Gasteiger partial charge >= 0.3 is 0 Å². The van der Waals surface area contributed by atoms with E-state index in [-0.39, 0.29) is 11.1 Å². The number of benzene rings is 1. The standard InChI is InChI=1S/C25H26F3N5O/c1-15(17-6-5-7-18(10-17)25(27,28)23(3,4)14-29)30-22-19-12-33(24(13-26)8-9-24)21(34)11-20(19)31-16(2)32-22/h5-7,10-12,15H,8-9,13H2,1-4H3,(H,30,31,32). The first-order chi connectivity index (χ1) is 15.9. The lowest BCUT2D eigenvalue weighted by Gasteiger charge is -2.28. The van der Waals surface area contributed by atoms with Crippen LogP contribution in [-0.4, -0.2) is 21.2 Å². The number of nitrogens with zero attached hydrogens (tertiary/aromatic N) is 4. The molecule has 0 aliphatic heterocycles. The van der Waals surface area contributed by atoms with Gasteiger partial charge in [0, 0.05) is 23.9 Å². The molecule has 0 bridgehead atoms. The summed E-state index contributed by atoms with van der Waals surface area (Å²) in [6.45, 7) is 5.28. The molecule has 9 heteroatoms. The van der Waals surface area contributed by atoms with Gasteiger partial charge in [-0.15, -0.1) is 0 Å². The molecule has 2 heterocycles. The number of hydrogen-bond donors (Lipinski definition) is 1. The molecule has 0 saturated heterocycles. The number of aromatic nitrogens is 3. The third kappa shape index (κ3) is 3.91. The Morgan fingerprint density at radius 2 is 1.97 bits per heavy atom. The summed E-state index contributed by atoms with van der Waals surface area (Å²) >= 11 is 0. The minimum atomic E-state index is -3.35. The molecule has 0 spiro atoms. The van der Waals surface area contributed by atoms with Crippen molar-refractivity contribution in [2.24, 2.45) is 5.41 Å². The first kappa shape index (κ1) is 23.7. The summed E-state index contributed by atoms with van der Waals surface area (Å²) in [4.78, 5) is 21.4. The number of pyridine rings is 1. The fourth-order valence-corrected chi connectivity index (χ4v) is 4.01. The second-order valence-electron chi connectivity index (χ2n) is 9.56. The first-order valence-corrected chi connectivity index (χ1v) is 11.1. The zero-order chi connectivity index (χ0) is 24.9. The molecule has 178 valence electrons. The van der Waals surface area contributed by atoms with E-state index >= 15 is 0 Å². The van der Waals surface area contributed by atoms with E-state index in [1.165, 1.54) is 42.7 Å². The lowest BCUT2D eigenvalue weighted by atomic mass is 9.82. The Morgan fingerprint density at radius 1 is 1.26 bits per heavy atom. The molecular formula is C25H26F3N5O. The molecule has 1 saturated carbocycles. The quantitative estimate of drug-likeness (QED) is 0.503. The van der Waals surface area contributed by atoms with Gasteiger partial charge < -0.3 is 9.88 Å². The van der Waals surface area contributed by atoms with Crippen molar-refractivity contribution < 1.29 is 13.2 Å². The van der Waals surface area contributed by atoms with E-state index in [9.17, 15) is 23.2 Å². The highest BCUT2D eigenvalue weighted by Crippen LogP contribution is 2.45. The molecular weight excluding hydrogens is 443 g/mol. The van der Waals surface area contributed by atoms with Crippen molar-refractivity contribution in [1.82, 2.24) is 14.5 Å². The predicted molar refractivity (Wildman–Crippen MR) is 123 cm³/mol. The van der Waals surface area contributed by atoms with E-state index in [0.717, 1.165) is 0 Å². The Balaban J connectivity index is 1.73. The van der Waals surface area contributed by atoms with Gasteiger partial charge in [-0.2, -0.15) is 14.0 Å². The molecule has 0 amide bonds. The normalized spacial score (nSPS) is 16.2. The molecule has 1 unspecified atom stereocenters. The van der Waals surface area contributed by atoms with E-state index in [1.54, 1.807) is 32.2 Å². The SMILES string of the molecule is Cc1nc(NC(C)c2cccc(C(F)(F)C(C)(C)C#N)c2)c2cn(C3(CF)CC3)c(=O)cc2n1. The molecule has 2 aromatic heterocycles. The van der Waals surface area contributed by atoms with E-state index in [4.69, 9.17) is 0 Å². The summed E-state index contributed by atoms with van der Waals surface area (Å²) in [5, 5.41) is 13.0. The molecule has 1 N–H and O–H groups in total. The van der Waals surface area contributed by atoms with Crippen molar-refractivity contribution in [3.8, 4) is 6.07 Å². The van der Waals surface area contributed by atoms with E-state index in [0.29, 0.717) is 41.0 Å². The molecule has 0 radical (unpaired) electrons. The summed E-state index contributed by atoms with van der Waals surface area (Å²) in [7, 11) is 0. The Morgan fingerprint density at radius 3 is 2.59 bits per heavy atom. The molecule has 1 fully saturated rings. The zero-order valence-corrected chi connectivity index (χ0v) is 19.5. The van der Waals surface area contributed by atoms with Crippen LogP contribution in [0.4, 0.5) is 19.0 Å². The van der Waals surface area contributed by atoms with Crippen LogP contribution >= 0.6 is 0 Å². The third-order valence-electron chi connectivity index (χ3n) is 6.60. The van der Waals surface area contributed by atoms with Crippen LogP contribution in [0.2, 0.25) is 0 Å². The van der Waals surface area contributed by atoms with Gasteiger partial charge in [0.2, 0.25) is 0 Å². The fourth-order valence-electron chi connectivity index (χ4n) is 4.01. The average Bonchev–Trinajstić information content (AvgIpc) is 3.59. The first-order valence-electron chi connectivity index (χ1n) is 11.1. The molecule has 34 heavy (non-hydrogen) atoms. The van der Waals surface area contributed by atoms with Crippen LogP contribution in [0.3, 0.4) is 0 Å². The minimum absolute atomic E-state index is 0.249. The summed E-state index contributed by atoms with van der Waals surface area (Å²) in [6, 6.07) is 8.56. The van der Waals surface area contributed by atoms with Crippen molar-refractivity contribution in [1.29, 1.82) is 5.26 Å². The molecule has 1 aliphatic rings. The summed E-state index contributed by atoms with van der Waals surface area (Å²) in [5.74, 6) is -2.49. The molecule has 4 rings (SSSR count). The zero-order valence-electron chi connectivity index (χ0n) is 19.5. The van der Waals surface area contributed by atoms with Crippen LogP contribution in [-0.2, 0) is 11.5 Å². The van der Waals surface area contributed by atoms with Gasteiger partial charge in [-0.25, -0.2) is 14.4 Å². The van der Waals surface area contributed by atoms with Crippen molar-refractivity contribution in [2.45, 2.75) is 58.0 Å². The van der Waals surface area contributed by atoms with Crippen molar-refractivity contribution in [2.75, 3.05) is 12.0 Å². The van der Waals surface area contributed by atoms with Gasteiger partial charge in [0.25, 0.3) is 11.5 Å². The highest BCUT2D eigenvalue weighted by atomic mass is 19.3. The van der Waals surface area contributed by atoms with Gasteiger partial charge in [-0.3, -0.25) is 4.79 Å². The monoisotopic (exact) mass is 469 g/mol. The van der Waals surface area contributed by atoms with Crippen molar-refractivity contribution in [3.63, 3.8) is 0 Å². The van der Waals surface area contributed by atoms with Crippen molar-refractivity contribution >= 4 is 16.7 Å². The van der Waals surface area contributed by atoms with E-state index < -0.39 is 29.6 Å². The van der Waals surface area contributed by atoms with Crippen LogP contribution in [0.5, 0.6) is 0 Å². The number of nitriles is 1. The highest BCUT2D eigenvalue weighted by molar-refractivity contribution is 5.88. The van der Waals surface area contributed by atoms with Gasteiger partial charge in [-0.1, -0.05) is 18.2 Å². The van der Waals surface area contributed by atoms with Gasteiger partial charge in [0.15, 0.2) is 0 Å². The fraction of sp³-hybridized carbons (Fsp3) is 0.440. The number of rotatable bonds is 7. The van der Waals surface area contributed by atoms with E-state index in [2.05, 4.69) is 15.3 Å². The van der Waals surface area contributed by atoms with Crippen LogP contribution in [0, 0.1) is 23.7 Å². The number of aryl methyl sites for hydroxylation is 1. The van der Waals surface area contributed by atoms with Crippen LogP contribution in [0.25, 0.3) is 10.9 Å². The van der Waals surface area contributed by atoms with E-state index in [1.807, 2.05) is 0 Å². The van der Waals surface area contributed by atoms with Crippen LogP contribution < -0.4 is 10.9 Å². The largest absolute Gasteiger partial charge is 0.363 e.